The van der Waals surface area contributed by atoms with E-state index in [0.717, 1.165) is 11.1 Å². The summed E-state index contributed by atoms with van der Waals surface area (Å²) < 4.78 is 0. The fourth-order valence-electron chi connectivity index (χ4n) is 2.16. The van der Waals surface area contributed by atoms with E-state index in [0.29, 0.717) is 0 Å². The fourth-order valence-corrected chi connectivity index (χ4v) is 2.16. The Kier molecular flexibility index (Phi) is 2.84. The van der Waals surface area contributed by atoms with Crippen molar-refractivity contribution in [3.8, 4) is 0 Å². The Hall–Kier alpha value is -1.90. The Labute approximate surface area is 99.8 Å². The summed E-state index contributed by atoms with van der Waals surface area (Å²) in [5, 5.41) is 9.26. The van der Waals surface area contributed by atoms with Gasteiger partial charge in [-0.2, -0.15) is 0 Å². The molecule has 0 atom stereocenters. The second-order valence-electron chi connectivity index (χ2n) is 4.52. The molecule has 17 heavy (non-hydrogen) atoms. The summed E-state index contributed by atoms with van der Waals surface area (Å²) in [7, 11) is 0. The lowest BCUT2D eigenvalue weighted by Crippen LogP contribution is -2.45. The van der Waals surface area contributed by atoms with Crippen LogP contribution in [0.5, 0.6) is 0 Å². The van der Waals surface area contributed by atoms with Gasteiger partial charge in [0.25, 0.3) is 0 Å². The first-order chi connectivity index (χ1) is 8.04. The number of Topliss-reactive ketones (excluding diaryl/α,β-unsaturated/α-hetero) is 1. The van der Waals surface area contributed by atoms with E-state index >= 15 is 0 Å². The molecule has 1 saturated carbocycles. The highest BCUT2D eigenvalue weighted by Crippen LogP contribution is 2.45. The molecule has 1 N–H and O–H groups in total. The first-order valence-corrected chi connectivity index (χ1v) is 5.53. The molecule has 1 aliphatic rings. The van der Waals surface area contributed by atoms with Gasteiger partial charge in [-0.1, -0.05) is 42.0 Å². The summed E-state index contributed by atoms with van der Waals surface area (Å²) in [6.45, 7) is 1.79. The van der Waals surface area contributed by atoms with Gasteiger partial charge < -0.3 is 5.11 Å². The predicted octanol–water partition coefficient (Wildman–Crippen LogP) is 2.52. The van der Waals surface area contributed by atoms with Gasteiger partial charge in [0, 0.05) is 12.8 Å². The monoisotopic (exact) mass is 230 g/mol. The fraction of sp³-hybridized carbons (Fsp3) is 0.286. The first kappa shape index (κ1) is 11.6. The maximum atomic E-state index is 11.3. The zero-order valence-electron chi connectivity index (χ0n) is 9.64. The summed E-state index contributed by atoms with van der Waals surface area (Å²) in [5.74, 6) is -0.880. The standard InChI is InChI=1S/C14H14O3/c1-10(7-11-5-3-2-4-6-11)14(13(16)17)8-12(15)9-14/h2-7H,8-9H2,1H3,(H,16,17)/b10-7-. The van der Waals surface area contributed by atoms with Gasteiger partial charge in [0.05, 0.1) is 0 Å². The molecule has 2 rings (SSSR count). The van der Waals surface area contributed by atoms with Crippen molar-refractivity contribution >= 4 is 17.8 Å². The van der Waals surface area contributed by atoms with Crippen LogP contribution in [0.15, 0.2) is 35.9 Å². The van der Waals surface area contributed by atoms with Gasteiger partial charge in [0.2, 0.25) is 0 Å². The number of carboxylic acids is 1. The van der Waals surface area contributed by atoms with Gasteiger partial charge in [-0.15, -0.1) is 0 Å². The van der Waals surface area contributed by atoms with E-state index in [1.807, 2.05) is 36.4 Å². The lowest BCUT2D eigenvalue weighted by Gasteiger charge is -2.37. The predicted molar refractivity (Wildman–Crippen MR) is 64.4 cm³/mol. The lowest BCUT2D eigenvalue weighted by atomic mass is 9.63. The molecule has 3 heteroatoms. The molecular formula is C14H14O3. The van der Waals surface area contributed by atoms with E-state index in [9.17, 15) is 14.7 Å². The molecule has 0 radical (unpaired) electrons. The molecule has 0 bridgehead atoms. The van der Waals surface area contributed by atoms with Crippen molar-refractivity contribution in [2.75, 3.05) is 0 Å². The maximum absolute atomic E-state index is 11.3. The van der Waals surface area contributed by atoms with Crippen molar-refractivity contribution in [3.05, 3.63) is 41.5 Å². The second kappa shape index (κ2) is 4.17. The molecule has 3 nitrogen and oxygen atoms in total. The number of rotatable bonds is 3. The van der Waals surface area contributed by atoms with E-state index < -0.39 is 11.4 Å². The molecule has 88 valence electrons. The van der Waals surface area contributed by atoms with Gasteiger partial charge in [0.1, 0.15) is 11.2 Å². The molecule has 0 aromatic heterocycles. The molecule has 0 saturated heterocycles. The number of aliphatic carboxylic acids is 1. The van der Waals surface area contributed by atoms with Crippen molar-refractivity contribution in [2.45, 2.75) is 19.8 Å². The largest absolute Gasteiger partial charge is 0.481 e. The molecule has 0 amide bonds. The SMILES string of the molecule is C/C(=C/c1ccccc1)C1(C(=O)O)CC(=O)C1. The molecule has 0 spiro atoms. The summed E-state index contributed by atoms with van der Waals surface area (Å²) in [4.78, 5) is 22.4. The van der Waals surface area contributed by atoms with Gasteiger partial charge in [-0.25, -0.2) is 0 Å². The van der Waals surface area contributed by atoms with Crippen LogP contribution in [0.3, 0.4) is 0 Å². The number of carbonyl (C=O) groups excluding carboxylic acids is 1. The quantitative estimate of drug-likeness (QED) is 0.868. The van der Waals surface area contributed by atoms with Crippen LogP contribution in [0.2, 0.25) is 0 Å². The van der Waals surface area contributed by atoms with E-state index in [1.165, 1.54) is 0 Å². The Balaban J connectivity index is 2.30. The average molecular weight is 230 g/mol. The minimum Gasteiger partial charge on any atom is -0.481 e. The Morgan fingerprint density at radius 1 is 1.29 bits per heavy atom. The van der Waals surface area contributed by atoms with Crippen molar-refractivity contribution in [3.63, 3.8) is 0 Å². The van der Waals surface area contributed by atoms with Crippen LogP contribution in [-0.4, -0.2) is 16.9 Å². The van der Waals surface area contributed by atoms with E-state index in [1.54, 1.807) is 6.92 Å². The van der Waals surface area contributed by atoms with Crippen LogP contribution in [-0.2, 0) is 9.59 Å². The normalized spacial score (nSPS) is 18.6. The van der Waals surface area contributed by atoms with E-state index in [2.05, 4.69) is 0 Å². The number of hydrogen-bond donors (Lipinski definition) is 1. The highest BCUT2D eigenvalue weighted by atomic mass is 16.4. The third-order valence-corrected chi connectivity index (χ3v) is 3.34. The topological polar surface area (TPSA) is 54.4 Å². The van der Waals surface area contributed by atoms with Crippen molar-refractivity contribution in [1.82, 2.24) is 0 Å². The molecule has 0 heterocycles. The number of hydrogen-bond acceptors (Lipinski definition) is 2. The minimum atomic E-state index is -0.965. The van der Waals surface area contributed by atoms with Gasteiger partial charge in [0.15, 0.2) is 0 Å². The molecule has 0 aliphatic heterocycles. The van der Waals surface area contributed by atoms with Crippen molar-refractivity contribution in [1.29, 1.82) is 0 Å². The minimum absolute atomic E-state index is 0.0215. The van der Waals surface area contributed by atoms with Gasteiger partial charge in [-0.05, 0) is 12.5 Å². The van der Waals surface area contributed by atoms with Crippen LogP contribution in [0.4, 0.5) is 0 Å². The smallest absolute Gasteiger partial charge is 0.314 e. The summed E-state index contributed by atoms with van der Waals surface area (Å²) in [6.07, 6.45) is 2.09. The van der Waals surface area contributed by atoms with Crippen molar-refractivity contribution in [2.24, 2.45) is 5.41 Å². The average Bonchev–Trinajstić information content (AvgIpc) is 2.25. The van der Waals surface area contributed by atoms with Crippen LogP contribution < -0.4 is 0 Å². The Morgan fingerprint density at radius 2 is 1.88 bits per heavy atom. The van der Waals surface area contributed by atoms with E-state index in [-0.39, 0.29) is 18.6 Å². The number of carbonyl (C=O) groups is 2. The van der Waals surface area contributed by atoms with Gasteiger partial charge in [-0.3, -0.25) is 9.59 Å². The van der Waals surface area contributed by atoms with Crippen molar-refractivity contribution < 1.29 is 14.7 Å². The number of ketones is 1. The van der Waals surface area contributed by atoms with Crippen LogP contribution in [0.1, 0.15) is 25.3 Å². The Morgan fingerprint density at radius 3 is 2.35 bits per heavy atom. The highest BCUT2D eigenvalue weighted by molar-refractivity contribution is 6.00. The molecule has 1 fully saturated rings. The number of benzene rings is 1. The van der Waals surface area contributed by atoms with Gasteiger partial charge >= 0.3 is 5.97 Å². The lowest BCUT2D eigenvalue weighted by molar-refractivity contribution is -0.157. The highest BCUT2D eigenvalue weighted by Gasteiger charge is 2.51. The molecular weight excluding hydrogens is 216 g/mol. The third kappa shape index (κ3) is 2.00. The van der Waals surface area contributed by atoms with E-state index in [4.69, 9.17) is 0 Å². The van der Waals surface area contributed by atoms with Crippen LogP contribution >= 0.6 is 0 Å². The third-order valence-electron chi connectivity index (χ3n) is 3.34. The summed E-state index contributed by atoms with van der Waals surface area (Å²) in [5.41, 5.74) is 0.744. The zero-order valence-corrected chi connectivity index (χ0v) is 9.64. The molecule has 1 aromatic carbocycles. The summed E-state index contributed by atoms with van der Waals surface area (Å²) in [6, 6.07) is 9.54. The maximum Gasteiger partial charge on any atom is 0.314 e. The molecule has 1 aromatic rings. The molecule has 1 aliphatic carbocycles. The zero-order chi connectivity index (χ0) is 12.5. The van der Waals surface area contributed by atoms with Crippen LogP contribution in [0.25, 0.3) is 6.08 Å². The van der Waals surface area contributed by atoms with Crippen LogP contribution in [0, 0.1) is 5.41 Å². The summed E-state index contributed by atoms with van der Waals surface area (Å²) >= 11 is 0. The first-order valence-electron chi connectivity index (χ1n) is 5.53. The second-order valence-corrected chi connectivity index (χ2v) is 4.52. The molecule has 0 unspecified atom stereocenters. The Bertz CT molecular complexity index is 477. The number of carboxylic acid groups (broad SMARTS) is 1.